The summed E-state index contributed by atoms with van der Waals surface area (Å²) in [5, 5.41) is 10.6. The SMILES string of the molecule is COCC(O)CN(C)C(=O)c1sc(C)nc1CC(C)C. The number of rotatable bonds is 7. The van der Waals surface area contributed by atoms with Crippen LogP contribution in [0.3, 0.4) is 0 Å². The van der Waals surface area contributed by atoms with Gasteiger partial charge in [-0.05, 0) is 19.3 Å². The van der Waals surface area contributed by atoms with Crippen LogP contribution in [0.15, 0.2) is 0 Å². The van der Waals surface area contributed by atoms with E-state index in [-0.39, 0.29) is 19.1 Å². The van der Waals surface area contributed by atoms with Gasteiger partial charge in [-0.25, -0.2) is 4.98 Å². The number of aryl methyl sites for hydroxylation is 1. The third-order valence-corrected chi connectivity index (χ3v) is 3.79. The first-order valence-corrected chi connectivity index (χ1v) is 7.55. The molecule has 0 bridgehead atoms. The van der Waals surface area contributed by atoms with Gasteiger partial charge in [-0.3, -0.25) is 4.79 Å². The van der Waals surface area contributed by atoms with Crippen LogP contribution in [-0.2, 0) is 11.2 Å². The minimum atomic E-state index is -0.670. The monoisotopic (exact) mass is 300 g/mol. The van der Waals surface area contributed by atoms with Crippen LogP contribution in [0.2, 0.25) is 0 Å². The minimum absolute atomic E-state index is 0.0820. The number of aliphatic hydroxyl groups is 1. The molecule has 0 aromatic carbocycles. The van der Waals surface area contributed by atoms with Crippen molar-refractivity contribution in [2.45, 2.75) is 33.3 Å². The molecule has 1 amide bonds. The maximum atomic E-state index is 12.4. The van der Waals surface area contributed by atoms with Gasteiger partial charge in [-0.15, -0.1) is 11.3 Å². The van der Waals surface area contributed by atoms with Gasteiger partial charge < -0.3 is 14.7 Å². The summed E-state index contributed by atoms with van der Waals surface area (Å²) >= 11 is 1.42. The largest absolute Gasteiger partial charge is 0.389 e. The summed E-state index contributed by atoms with van der Waals surface area (Å²) in [5.74, 6) is 0.369. The lowest BCUT2D eigenvalue weighted by Gasteiger charge is -2.20. The molecule has 1 N–H and O–H groups in total. The number of aliphatic hydroxyl groups excluding tert-OH is 1. The second-order valence-corrected chi connectivity index (χ2v) is 6.60. The zero-order valence-corrected chi connectivity index (χ0v) is 13.7. The van der Waals surface area contributed by atoms with Crippen LogP contribution in [0.25, 0.3) is 0 Å². The van der Waals surface area contributed by atoms with Gasteiger partial charge in [-0.2, -0.15) is 0 Å². The molecule has 1 aromatic heterocycles. The molecule has 6 heteroatoms. The van der Waals surface area contributed by atoms with Crippen molar-refractivity contribution < 1.29 is 14.6 Å². The summed E-state index contributed by atoms with van der Waals surface area (Å²) in [5.41, 5.74) is 0.862. The average Bonchev–Trinajstić information content (AvgIpc) is 2.68. The fraction of sp³-hybridized carbons (Fsp3) is 0.714. The Hall–Kier alpha value is -0.980. The van der Waals surface area contributed by atoms with Crippen molar-refractivity contribution in [1.29, 1.82) is 0 Å². The van der Waals surface area contributed by atoms with Gasteiger partial charge in [0.25, 0.3) is 5.91 Å². The van der Waals surface area contributed by atoms with Crippen LogP contribution in [0.1, 0.15) is 34.2 Å². The Balaban J connectivity index is 2.80. The molecule has 0 aliphatic heterocycles. The second-order valence-electron chi connectivity index (χ2n) is 5.40. The molecular formula is C14H24N2O3S. The number of methoxy groups -OCH3 is 1. The standard InChI is InChI=1S/C14H24N2O3S/c1-9(2)6-12-13(20-10(3)15-12)14(18)16(4)7-11(17)8-19-5/h9,11,17H,6-8H2,1-5H3. The minimum Gasteiger partial charge on any atom is -0.389 e. The highest BCUT2D eigenvalue weighted by Gasteiger charge is 2.22. The number of hydrogen-bond acceptors (Lipinski definition) is 5. The Kier molecular flexibility index (Phi) is 6.58. The highest BCUT2D eigenvalue weighted by Crippen LogP contribution is 2.22. The van der Waals surface area contributed by atoms with E-state index in [9.17, 15) is 9.90 Å². The molecule has 114 valence electrons. The smallest absolute Gasteiger partial charge is 0.265 e. The van der Waals surface area contributed by atoms with Gasteiger partial charge in [0, 0.05) is 20.7 Å². The van der Waals surface area contributed by atoms with Crippen molar-refractivity contribution in [3.8, 4) is 0 Å². The number of amides is 1. The van der Waals surface area contributed by atoms with Crippen molar-refractivity contribution >= 4 is 17.2 Å². The van der Waals surface area contributed by atoms with Crippen LogP contribution in [0, 0.1) is 12.8 Å². The Morgan fingerprint density at radius 2 is 2.15 bits per heavy atom. The first kappa shape index (κ1) is 17.1. The van der Waals surface area contributed by atoms with E-state index in [4.69, 9.17) is 4.74 Å². The Morgan fingerprint density at radius 1 is 1.50 bits per heavy atom. The zero-order chi connectivity index (χ0) is 15.3. The lowest BCUT2D eigenvalue weighted by atomic mass is 10.1. The van der Waals surface area contributed by atoms with Gasteiger partial charge in [-0.1, -0.05) is 13.8 Å². The number of thiazole rings is 1. The van der Waals surface area contributed by atoms with Gasteiger partial charge in [0.2, 0.25) is 0 Å². The number of carbonyl (C=O) groups is 1. The molecule has 5 nitrogen and oxygen atoms in total. The summed E-state index contributed by atoms with van der Waals surface area (Å²) in [6.45, 7) is 6.60. The molecule has 0 fully saturated rings. The molecule has 20 heavy (non-hydrogen) atoms. The summed E-state index contributed by atoms with van der Waals surface area (Å²) in [6.07, 6.45) is 0.122. The molecule has 1 heterocycles. The first-order valence-electron chi connectivity index (χ1n) is 6.73. The highest BCUT2D eigenvalue weighted by atomic mass is 32.1. The maximum Gasteiger partial charge on any atom is 0.265 e. The van der Waals surface area contributed by atoms with E-state index in [1.54, 1.807) is 7.05 Å². The molecule has 0 saturated heterocycles. The average molecular weight is 300 g/mol. The fourth-order valence-electron chi connectivity index (χ4n) is 1.98. The van der Waals surface area contributed by atoms with E-state index in [0.29, 0.717) is 10.8 Å². The Labute approximate surface area is 124 Å². The quantitative estimate of drug-likeness (QED) is 0.833. The van der Waals surface area contributed by atoms with Crippen molar-refractivity contribution in [2.24, 2.45) is 5.92 Å². The lowest BCUT2D eigenvalue weighted by Crippen LogP contribution is -2.36. The van der Waals surface area contributed by atoms with Gasteiger partial charge >= 0.3 is 0 Å². The Morgan fingerprint density at radius 3 is 2.70 bits per heavy atom. The summed E-state index contributed by atoms with van der Waals surface area (Å²) in [6, 6.07) is 0. The molecule has 0 saturated carbocycles. The molecule has 0 radical (unpaired) electrons. The number of ether oxygens (including phenoxy) is 1. The number of likely N-dealkylation sites (N-methyl/N-ethyl adjacent to an activating group) is 1. The normalized spacial score (nSPS) is 12.8. The number of aromatic nitrogens is 1. The zero-order valence-electron chi connectivity index (χ0n) is 12.8. The van der Waals surface area contributed by atoms with Crippen molar-refractivity contribution in [1.82, 2.24) is 9.88 Å². The van der Waals surface area contributed by atoms with Crippen molar-refractivity contribution in [3.63, 3.8) is 0 Å². The number of carbonyl (C=O) groups excluding carboxylic acids is 1. The van der Waals surface area contributed by atoms with Crippen LogP contribution < -0.4 is 0 Å². The Bertz CT molecular complexity index is 446. The summed E-state index contributed by atoms with van der Waals surface area (Å²) in [4.78, 5) is 19.1. The first-order chi connectivity index (χ1) is 9.35. The molecule has 0 spiro atoms. The summed E-state index contributed by atoms with van der Waals surface area (Å²) < 4.78 is 4.87. The van der Waals surface area contributed by atoms with Crippen molar-refractivity contribution in [3.05, 3.63) is 15.6 Å². The lowest BCUT2D eigenvalue weighted by molar-refractivity contribution is 0.0381. The van der Waals surface area contributed by atoms with Crippen LogP contribution in [0.4, 0.5) is 0 Å². The molecule has 0 aliphatic rings. The van der Waals surface area contributed by atoms with E-state index in [0.717, 1.165) is 17.1 Å². The molecule has 1 unspecified atom stereocenters. The van der Waals surface area contributed by atoms with Crippen molar-refractivity contribution in [2.75, 3.05) is 27.3 Å². The topological polar surface area (TPSA) is 62.7 Å². The number of nitrogens with zero attached hydrogens (tertiary/aromatic N) is 2. The third kappa shape index (κ3) is 4.85. The maximum absolute atomic E-state index is 12.4. The second kappa shape index (κ2) is 7.71. The summed E-state index contributed by atoms with van der Waals surface area (Å²) in [7, 11) is 3.22. The third-order valence-electron chi connectivity index (χ3n) is 2.79. The van der Waals surface area contributed by atoms with E-state index in [1.165, 1.54) is 23.3 Å². The predicted molar refractivity (Wildman–Crippen MR) is 80.2 cm³/mol. The van der Waals surface area contributed by atoms with E-state index in [1.807, 2.05) is 6.92 Å². The molecule has 1 atom stereocenters. The van der Waals surface area contributed by atoms with Gasteiger partial charge in [0.05, 0.1) is 23.4 Å². The van der Waals surface area contributed by atoms with Crippen LogP contribution in [-0.4, -0.2) is 54.3 Å². The van der Waals surface area contributed by atoms with E-state index in [2.05, 4.69) is 18.8 Å². The van der Waals surface area contributed by atoms with Gasteiger partial charge in [0.15, 0.2) is 0 Å². The molecule has 1 aromatic rings. The van der Waals surface area contributed by atoms with Gasteiger partial charge in [0.1, 0.15) is 4.88 Å². The molecule has 0 aliphatic carbocycles. The number of hydrogen-bond donors (Lipinski definition) is 1. The highest BCUT2D eigenvalue weighted by molar-refractivity contribution is 7.13. The van der Waals surface area contributed by atoms with Crippen LogP contribution in [0.5, 0.6) is 0 Å². The fourth-order valence-corrected chi connectivity index (χ4v) is 2.92. The van der Waals surface area contributed by atoms with Crippen LogP contribution >= 0.6 is 11.3 Å². The van der Waals surface area contributed by atoms with E-state index >= 15 is 0 Å². The molecule has 1 rings (SSSR count). The predicted octanol–water partition coefficient (Wildman–Crippen LogP) is 1.73. The van der Waals surface area contributed by atoms with E-state index < -0.39 is 6.10 Å². The molecular weight excluding hydrogens is 276 g/mol.